The van der Waals surface area contributed by atoms with Crippen molar-refractivity contribution in [1.29, 1.82) is 0 Å². The van der Waals surface area contributed by atoms with E-state index in [1.54, 1.807) is 23.8 Å². The smallest absolute Gasteiger partial charge is 0.333 e. The van der Waals surface area contributed by atoms with Crippen LogP contribution in [0.3, 0.4) is 0 Å². The minimum absolute atomic E-state index is 0.224. The van der Waals surface area contributed by atoms with Gasteiger partial charge < -0.3 is 4.74 Å². The first kappa shape index (κ1) is 16.0. The number of carbonyl (C=O) groups is 2. The van der Waals surface area contributed by atoms with Crippen LogP contribution in [0.25, 0.3) is 0 Å². The lowest BCUT2D eigenvalue weighted by molar-refractivity contribution is -0.119. The van der Waals surface area contributed by atoms with E-state index in [2.05, 4.69) is 0 Å². The van der Waals surface area contributed by atoms with E-state index >= 15 is 0 Å². The van der Waals surface area contributed by atoms with Crippen LogP contribution >= 0.6 is 11.8 Å². The van der Waals surface area contributed by atoms with Crippen LogP contribution in [0.5, 0.6) is 5.75 Å². The minimum atomic E-state index is -0.491. The van der Waals surface area contributed by atoms with Gasteiger partial charge in [0, 0.05) is 5.75 Å². The zero-order chi connectivity index (χ0) is 17.6. The number of urea groups is 1. The predicted molar refractivity (Wildman–Crippen MR) is 93.1 cm³/mol. The van der Waals surface area contributed by atoms with Gasteiger partial charge in [0.05, 0.1) is 12.8 Å². The number of hydrogen-bond acceptors (Lipinski definition) is 4. The molecule has 2 aliphatic rings. The van der Waals surface area contributed by atoms with E-state index in [4.69, 9.17) is 4.74 Å². The molecule has 7 heteroatoms. The summed E-state index contributed by atoms with van der Waals surface area (Å²) in [5.74, 6) is 0.606. The number of anilines is 1. The third kappa shape index (κ3) is 2.55. The highest BCUT2D eigenvalue weighted by atomic mass is 32.2. The molecule has 0 radical (unpaired) electrons. The zero-order valence-electron chi connectivity index (χ0n) is 13.4. The lowest BCUT2D eigenvalue weighted by Crippen LogP contribution is -2.33. The summed E-state index contributed by atoms with van der Waals surface area (Å²) in [6.07, 6.45) is 0. The maximum Gasteiger partial charge on any atom is 0.333 e. The number of thioether (sulfide) groups is 1. The monoisotopic (exact) mass is 358 g/mol. The summed E-state index contributed by atoms with van der Waals surface area (Å²) < 4.78 is 18.3. The van der Waals surface area contributed by atoms with Crippen molar-refractivity contribution in [3.8, 4) is 5.75 Å². The third-order valence-corrected chi connectivity index (χ3v) is 5.73. The molecule has 2 atom stereocenters. The van der Waals surface area contributed by atoms with Gasteiger partial charge in [-0.25, -0.2) is 14.1 Å². The fourth-order valence-corrected chi connectivity index (χ4v) is 4.56. The largest absolute Gasteiger partial charge is 0.497 e. The Hall–Kier alpha value is -2.54. The SMILES string of the molecule is COc1ccc(C2SC[C@H]3C(=O)N(c4ccc(F)cc4)C(=O)N23)cc1. The van der Waals surface area contributed by atoms with E-state index in [0.29, 0.717) is 11.4 Å². The normalized spacial score (nSPS) is 22.5. The first-order chi connectivity index (χ1) is 12.1. The molecular formula is C18H15FN2O3S. The van der Waals surface area contributed by atoms with E-state index in [-0.39, 0.29) is 17.3 Å². The first-order valence-electron chi connectivity index (χ1n) is 7.77. The lowest BCUT2D eigenvalue weighted by atomic mass is 10.2. The summed E-state index contributed by atoms with van der Waals surface area (Å²) in [7, 11) is 1.60. The minimum Gasteiger partial charge on any atom is -0.497 e. The molecule has 2 aromatic carbocycles. The summed E-state index contributed by atoms with van der Waals surface area (Å²) >= 11 is 1.56. The summed E-state index contributed by atoms with van der Waals surface area (Å²) in [6.45, 7) is 0. The number of benzene rings is 2. The maximum atomic E-state index is 13.1. The molecule has 0 N–H and O–H groups in total. The number of rotatable bonds is 3. The molecule has 5 nitrogen and oxygen atoms in total. The van der Waals surface area contributed by atoms with Crippen LogP contribution < -0.4 is 9.64 Å². The number of hydrogen-bond donors (Lipinski definition) is 0. The van der Waals surface area contributed by atoms with Crippen LogP contribution in [-0.4, -0.2) is 35.7 Å². The van der Waals surface area contributed by atoms with Crippen molar-refractivity contribution in [2.75, 3.05) is 17.8 Å². The summed E-state index contributed by atoms with van der Waals surface area (Å²) in [5, 5.41) is -0.224. The van der Waals surface area contributed by atoms with Crippen molar-refractivity contribution in [3.05, 3.63) is 59.9 Å². The quantitative estimate of drug-likeness (QED) is 0.789. The highest BCUT2D eigenvalue weighted by molar-refractivity contribution is 7.99. The number of ether oxygens (including phenoxy) is 1. The van der Waals surface area contributed by atoms with Crippen molar-refractivity contribution < 1.29 is 18.7 Å². The Balaban J connectivity index is 1.65. The average Bonchev–Trinajstić information content (AvgIpc) is 3.17. The van der Waals surface area contributed by atoms with E-state index in [1.165, 1.54) is 24.3 Å². The van der Waals surface area contributed by atoms with Gasteiger partial charge in [-0.1, -0.05) is 12.1 Å². The molecule has 0 saturated carbocycles. The van der Waals surface area contributed by atoms with Gasteiger partial charge in [0.1, 0.15) is 23.0 Å². The molecule has 4 rings (SSSR count). The van der Waals surface area contributed by atoms with E-state index in [0.717, 1.165) is 16.2 Å². The highest BCUT2D eigenvalue weighted by Gasteiger charge is 2.53. The number of carbonyl (C=O) groups excluding carboxylic acids is 2. The number of amides is 3. The van der Waals surface area contributed by atoms with Crippen molar-refractivity contribution in [2.45, 2.75) is 11.4 Å². The molecule has 1 unspecified atom stereocenters. The van der Waals surface area contributed by atoms with Crippen LogP contribution in [0.2, 0.25) is 0 Å². The molecule has 2 heterocycles. The maximum absolute atomic E-state index is 13.1. The van der Waals surface area contributed by atoms with E-state index < -0.39 is 11.9 Å². The molecular weight excluding hydrogens is 343 g/mol. The summed E-state index contributed by atoms with van der Waals surface area (Å²) in [4.78, 5) is 28.3. The molecule has 128 valence electrons. The van der Waals surface area contributed by atoms with Crippen molar-refractivity contribution in [2.24, 2.45) is 0 Å². The van der Waals surface area contributed by atoms with Gasteiger partial charge >= 0.3 is 6.03 Å². The molecule has 3 amide bonds. The van der Waals surface area contributed by atoms with Gasteiger partial charge in [-0.2, -0.15) is 0 Å². The molecule has 0 bridgehead atoms. The van der Waals surface area contributed by atoms with Gasteiger partial charge in [-0.05, 0) is 42.0 Å². The zero-order valence-corrected chi connectivity index (χ0v) is 14.2. The van der Waals surface area contributed by atoms with Gasteiger partial charge in [0.2, 0.25) is 0 Å². The predicted octanol–water partition coefficient (Wildman–Crippen LogP) is 3.42. The van der Waals surface area contributed by atoms with Crippen LogP contribution in [0.4, 0.5) is 14.9 Å². The Morgan fingerprint density at radius 3 is 2.40 bits per heavy atom. The fraction of sp³-hybridized carbons (Fsp3) is 0.222. The second kappa shape index (κ2) is 6.07. The van der Waals surface area contributed by atoms with Gasteiger partial charge in [-0.3, -0.25) is 9.69 Å². The number of nitrogens with zero attached hydrogens (tertiary/aromatic N) is 2. The van der Waals surface area contributed by atoms with E-state index in [1.807, 2.05) is 24.3 Å². The van der Waals surface area contributed by atoms with Crippen LogP contribution in [0.1, 0.15) is 10.9 Å². The topological polar surface area (TPSA) is 49.9 Å². The van der Waals surface area contributed by atoms with Gasteiger partial charge in [0.25, 0.3) is 5.91 Å². The summed E-state index contributed by atoms with van der Waals surface area (Å²) in [6, 6.07) is 12.0. The second-order valence-electron chi connectivity index (χ2n) is 5.81. The number of halogens is 1. The first-order valence-corrected chi connectivity index (χ1v) is 8.82. The standard InChI is InChI=1S/C18H15FN2O3S/c1-24-14-8-2-11(3-9-14)17-21-15(10-25-17)16(22)20(18(21)23)13-6-4-12(19)5-7-13/h2-9,15,17H,10H2,1H3/t15-,17?/m0/s1. The van der Waals surface area contributed by atoms with E-state index in [9.17, 15) is 14.0 Å². The van der Waals surface area contributed by atoms with Gasteiger partial charge in [-0.15, -0.1) is 11.8 Å². The molecule has 2 fully saturated rings. The molecule has 25 heavy (non-hydrogen) atoms. The molecule has 2 aromatic rings. The Bertz CT molecular complexity index is 825. The van der Waals surface area contributed by atoms with Crippen molar-refractivity contribution in [3.63, 3.8) is 0 Å². The average molecular weight is 358 g/mol. The van der Waals surface area contributed by atoms with Crippen LogP contribution in [0, 0.1) is 5.82 Å². The molecule has 0 aliphatic carbocycles. The number of methoxy groups -OCH3 is 1. The second-order valence-corrected chi connectivity index (χ2v) is 6.93. The van der Waals surface area contributed by atoms with Crippen LogP contribution in [0.15, 0.2) is 48.5 Å². The molecule has 2 saturated heterocycles. The lowest BCUT2D eigenvalue weighted by Gasteiger charge is -2.23. The summed E-state index contributed by atoms with van der Waals surface area (Å²) in [5.41, 5.74) is 1.33. The Kier molecular flexibility index (Phi) is 3.88. The van der Waals surface area contributed by atoms with Crippen molar-refractivity contribution in [1.82, 2.24) is 4.90 Å². The molecule has 0 aromatic heterocycles. The Labute approximate surface area is 148 Å². The highest BCUT2D eigenvalue weighted by Crippen LogP contribution is 2.46. The number of fused-ring (bicyclic) bond motifs is 1. The Morgan fingerprint density at radius 1 is 1.08 bits per heavy atom. The van der Waals surface area contributed by atoms with Gasteiger partial charge in [0.15, 0.2) is 0 Å². The fourth-order valence-electron chi connectivity index (χ4n) is 3.14. The Morgan fingerprint density at radius 2 is 1.76 bits per heavy atom. The molecule has 2 aliphatic heterocycles. The third-order valence-electron chi connectivity index (χ3n) is 4.40. The van der Waals surface area contributed by atoms with Crippen LogP contribution in [-0.2, 0) is 4.79 Å². The van der Waals surface area contributed by atoms with Crippen molar-refractivity contribution >= 4 is 29.4 Å². The number of imide groups is 1. The molecule has 0 spiro atoms.